The van der Waals surface area contributed by atoms with Crippen LogP contribution in [0.3, 0.4) is 0 Å². The van der Waals surface area contributed by atoms with Gasteiger partial charge in [-0.1, -0.05) is 16.8 Å². The Balaban J connectivity index is 1.57. The van der Waals surface area contributed by atoms with Gasteiger partial charge >= 0.3 is 0 Å². The van der Waals surface area contributed by atoms with Crippen LogP contribution in [-0.4, -0.2) is 26.3 Å². The van der Waals surface area contributed by atoms with E-state index in [2.05, 4.69) is 10.1 Å². The van der Waals surface area contributed by atoms with Gasteiger partial charge in [0.05, 0.1) is 16.8 Å². The number of aliphatic hydroxyl groups excluding tert-OH is 1. The lowest BCUT2D eigenvalue weighted by Gasteiger charge is -2.24. The molecule has 4 rings (SSSR count). The molecule has 2 fully saturated rings. The molecule has 0 unspecified atom stereocenters. The fraction of sp³-hybridized carbons (Fsp3) is 0.632. The van der Waals surface area contributed by atoms with E-state index in [9.17, 15) is 5.11 Å². The first-order chi connectivity index (χ1) is 12.1. The molecule has 2 heterocycles. The number of hydrogen-bond donors (Lipinski definition) is 1. The molecule has 2 aromatic heterocycles. The molecule has 0 atom stereocenters. The minimum Gasteiger partial charge on any atom is -0.393 e. The van der Waals surface area contributed by atoms with Crippen LogP contribution in [0.15, 0.2) is 10.7 Å². The second kappa shape index (κ2) is 7.04. The largest absolute Gasteiger partial charge is 0.393 e. The summed E-state index contributed by atoms with van der Waals surface area (Å²) in [4.78, 5) is 9.14. The van der Waals surface area contributed by atoms with E-state index in [1.54, 1.807) is 6.20 Å². The molecule has 0 radical (unpaired) electrons. The number of aliphatic hydroxyl groups is 1. The molecule has 0 spiro atoms. The van der Waals surface area contributed by atoms with Crippen molar-refractivity contribution in [2.75, 3.05) is 0 Å². The van der Waals surface area contributed by atoms with E-state index in [0.717, 1.165) is 61.5 Å². The Bertz CT molecular complexity index is 749. The monoisotopic (exact) mass is 361 g/mol. The zero-order valence-electron chi connectivity index (χ0n) is 14.5. The highest BCUT2D eigenvalue weighted by atomic mass is 35.5. The third kappa shape index (κ3) is 3.87. The summed E-state index contributed by atoms with van der Waals surface area (Å²) in [6, 6.07) is 0. The van der Waals surface area contributed by atoms with Crippen molar-refractivity contribution in [3.8, 4) is 11.5 Å². The first-order valence-corrected chi connectivity index (χ1v) is 9.63. The molecule has 0 aromatic carbocycles. The van der Waals surface area contributed by atoms with Crippen LogP contribution < -0.4 is 0 Å². The minimum absolute atomic E-state index is 0.139. The molecule has 2 aliphatic carbocycles. The Morgan fingerprint density at radius 3 is 2.52 bits per heavy atom. The maximum atomic E-state index is 9.66. The van der Waals surface area contributed by atoms with E-state index in [0.29, 0.717) is 22.4 Å². The third-order valence-electron chi connectivity index (χ3n) is 5.47. The summed E-state index contributed by atoms with van der Waals surface area (Å²) in [6.07, 6.45) is 9.70. The fourth-order valence-corrected chi connectivity index (χ4v) is 3.87. The minimum atomic E-state index is -0.139. The van der Waals surface area contributed by atoms with E-state index < -0.39 is 0 Å². The van der Waals surface area contributed by atoms with Gasteiger partial charge in [-0.05, 0) is 63.7 Å². The number of rotatable bonds is 5. The van der Waals surface area contributed by atoms with Gasteiger partial charge in [0.1, 0.15) is 11.5 Å². The summed E-state index contributed by atoms with van der Waals surface area (Å²) < 4.78 is 5.59. The summed E-state index contributed by atoms with van der Waals surface area (Å²) in [6.45, 7) is 1.98. The number of halogens is 1. The quantitative estimate of drug-likeness (QED) is 0.866. The van der Waals surface area contributed by atoms with Crippen molar-refractivity contribution in [2.24, 2.45) is 11.8 Å². The van der Waals surface area contributed by atoms with Crippen molar-refractivity contribution >= 4 is 11.6 Å². The summed E-state index contributed by atoms with van der Waals surface area (Å²) in [5.41, 5.74) is 2.73. The van der Waals surface area contributed by atoms with Gasteiger partial charge < -0.3 is 9.63 Å². The number of aromatic nitrogens is 3. The van der Waals surface area contributed by atoms with Crippen LogP contribution in [-0.2, 0) is 12.8 Å². The summed E-state index contributed by atoms with van der Waals surface area (Å²) in [5, 5.41) is 14.3. The van der Waals surface area contributed by atoms with Crippen LogP contribution >= 0.6 is 11.6 Å². The van der Waals surface area contributed by atoms with E-state index in [1.165, 1.54) is 12.8 Å². The lowest BCUT2D eigenvalue weighted by atomic mass is 9.85. The maximum Gasteiger partial charge on any atom is 0.190 e. The molecular weight excluding hydrogens is 338 g/mol. The summed E-state index contributed by atoms with van der Waals surface area (Å²) >= 11 is 6.38. The average molecular weight is 362 g/mol. The second-order valence-electron chi connectivity index (χ2n) is 7.58. The van der Waals surface area contributed by atoms with Crippen LogP contribution in [0, 0.1) is 18.8 Å². The number of aryl methyl sites for hydroxylation is 1. The first-order valence-electron chi connectivity index (χ1n) is 9.25. The highest BCUT2D eigenvalue weighted by molar-refractivity contribution is 6.32. The Hall–Kier alpha value is -1.46. The molecule has 5 nitrogen and oxygen atoms in total. The molecule has 0 amide bonds. The second-order valence-corrected chi connectivity index (χ2v) is 7.99. The maximum absolute atomic E-state index is 9.66. The summed E-state index contributed by atoms with van der Waals surface area (Å²) in [5.74, 6) is 2.77. The van der Waals surface area contributed by atoms with Crippen molar-refractivity contribution < 1.29 is 9.63 Å². The zero-order chi connectivity index (χ0) is 17.4. The molecule has 2 aromatic rings. The smallest absolute Gasteiger partial charge is 0.190 e. The van der Waals surface area contributed by atoms with Gasteiger partial charge in [-0.15, -0.1) is 0 Å². The predicted octanol–water partition coefficient (Wildman–Crippen LogP) is 4.14. The molecule has 134 valence electrons. The first kappa shape index (κ1) is 17.0. The molecular formula is C19H24ClN3O2. The van der Waals surface area contributed by atoms with Gasteiger partial charge in [-0.2, -0.15) is 0 Å². The molecule has 6 heteroatoms. The van der Waals surface area contributed by atoms with E-state index >= 15 is 0 Å². The van der Waals surface area contributed by atoms with Crippen molar-refractivity contribution in [1.29, 1.82) is 0 Å². The molecule has 0 saturated heterocycles. The van der Waals surface area contributed by atoms with E-state index in [1.807, 2.05) is 6.92 Å². The number of hydrogen-bond acceptors (Lipinski definition) is 5. The SMILES string of the molecule is Cc1noc(-c2nc(CC3CCC(O)CC3)ncc2Cl)c1CC1CC1. The highest BCUT2D eigenvalue weighted by Gasteiger charge is 2.28. The standard InChI is InChI=1S/C19H24ClN3O2/c1-11-15(8-12-2-3-12)19(25-23-11)18-16(20)10-21-17(22-18)9-13-4-6-14(24)7-5-13/h10,12-14,24H,2-9H2,1H3. The van der Waals surface area contributed by atoms with Crippen LogP contribution in [0.2, 0.25) is 5.02 Å². The fourth-order valence-electron chi connectivity index (χ4n) is 3.69. The Morgan fingerprint density at radius 1 is 1.12 bits per heavy atom. The van der Waals surface area contributed by atoms with Crippen LogP contribution in [0.5, 0.6) is 0 Å². The van der Waals surface area contributed by atoms with Gasteiger partial charge in [-0.25, -0.2) is 9.97 Å². The molecule has 0 bridgehead atoms. The normalized spacial score (nSPS) is 23.8. The Labute approximate surface area is 152 Å². The lowest BCUT2D eigenvalue weighted by molar-refractivity contribution is 0.108. The van der Waals surface area contributed by atoms with Crippen LogP contribution in [0.25, 0.3) is 11.5 Å². The van der Waals surface area contributed by atoms with Gasteiger partial charge in [0.15, 0.2) is 5.76 Å². The molecule has 25 heavy (non-hydrogen) atoms. The van der Waals surface area contributed by atoms with E-state index in [4.69, 9.17) is 21.1 Å². The number of nitrogens with zero attached hydrogens (tertiary/aromatic N) is 3. The molecule has 1 N–H and O–H groups in total. The Morgan fingerprint density at radius 2 is 1.80 bits per heavy atom. The van der Waals surface area contributed by atoms with Crippen molar-refractivity contribution in [1.82, 2.24) is 15.1 Å². The van der Waals surface area contributed by atoms with Crippen LogP contribution in [0.4, 0.5) is 0 Å². The molecule has 2 saturated carbocycles. The van der Waals surface area contributed by atoms with E-state index in [-0.39, 0.29) is 6.10 Å². The zero-order valence-corrected chi connectivity index (χ0v) is 15.3. The van der Waals surface area contributed by atoms with Crippen molar-refractivity contribution in [3.05, 3.63) is 28.3 Å². The van der Waals surface area contributed by atoms with Gasteiger partial charge in [0.2, 0.25) is 0 Å². The Kier molecular flexibility index (Phi) is 4.78. The van der Waals surface area contributed by atoms with Gasteiger partial charge in [-0.3, -0.25) is 0 Å². The van der Waals surface area contributed by atoms with Crippen molar-refractivity contribution in [3.63, 3.8) is 0 Å². The lowest BCUT2D eigenvalue weighted by Crippen LogP contribution is -2.20. The molecule has 0 aliphatic heterocycles. The van der Waals surface area contributed by atoms with Crippen molar-refractivity contribution in [2.45, 2.75) is 64.4 Å². The third-order valence-corrected chi connectivity index (χ3v) is 5.75. The van der Waals surface area contributed by atoms with Gasteiger partial charge in [0.25, 0.3) is 0 Å². The summed E-state index contributed by atoms with van der Waals surface area (Å²) in [7, 11) is 0. The average Bonchev–Trinajstić information content (AvgIpc) is 3.35. The topological polar surface area (TPSA) is 72.0 Å². The van der Waals surface area contributed by atoms with Crippen LogP contribution in [0.1, 0.15) is 55.6 Å². The predicted molar refractivity (Wildman–Crippen MR) is 95.4 cm³/mol. The molecule has 2 aliphatic rings. The highest BCUT2D eigenvalue weighted by Crippen LogP contribution is 2.38. The van der Waals surface area contributed by atoms with Gasteiger partial charge in [0, 0.05) is 18.2 Å².